The van der Waals surface area contributed by atoms with Crippen molar-refractivity contribution in [1.29, 1.82) is 0 Å². The van der Waals surface area contributed by atoms with Crippen LogP contribution in [0.25, 0.3) is 71.3 Å². The van der Waals surface area contributed by atoms with Crippen LogP contribution >= 0.6 is 0 Å². The molecular weight excluding hydrogens is 785 g/mol. The molecule has 308 valence electrons. The zero-order chi connectivity index (χ0) is 42.6. The smallest absolute Gasteiger partial charge is 0.0726 e. The molecule has 1 aromatic heterocycles. The molecule has 0 amide bonds. The molecule has 0 N–H and O–H groups in total. The van der Waals surface area contributed by atoms with E-state index in [1.54, 1.807) is 0 Å². The molecule has 1 unspecified atom stereocenters. The van der Waals surface area contributed by atoms with Gasteiger partial charge in [-0.05, 0) is 134 Å². The van der Waals surface area contributed by atoms with Crippen LogP contribution in [0.5, 0.6) is 0 Å². The molecule has 1 spiro atoms. The highest BCUT2D eigenvalue weighted by molar-refractivity contribution is 6.11. The summed E-state index contributed by atoms with van der Waals surface area (Å²) in [6.07, 6.45) is 6.56. The summed E-state index contributed by atoms with van der Waals surface area (Å²) in [5.74, 6) is 0.614. The van der Waals surface area contributed by atoms with Crippen molar-refractivity contribution in [2.75, 3.05) is 4.90 Å². The van der Waals surface area contributed by atoms with Gasteiger partial charge < -0.3 is 9.47 Å². The Bertz CT molecular complexity index is 3710. The second-order valence-corrected chi connectivity index (χ2v) is 18.6. The fourth-order valence-corrected chi connectivity index (χ4v) is 12.6. The number of hydrogen-bond donors (Lipinski definition) is 0. The van der Waals surface area contributed by atoms with Crippen LogP contribution in [0.3, 0.4) is 0 Å². The summed E-state index contributed by atoms with van der Waals surface area (Å²) >= 11 is 0. The maximum Gasteiger partial charge on any atom is 0.0726 e. The van der Waals surface area contributed by atoms with Crippen LogP contribution in [-0.4, -0.2) is 4.57 Å². The van der Waals surface area contributed by atoms with Gasteiger partial charge in [0, 0.05) is 33.2 Å². The summed E-state index contributed by atoms with van der Waals surface area (Å²) in [5, 5.41) is 7.61. The Morgan fingerprint density at radius 2 is 1.05 bits per heavy atom. The van der Waals surface area contributed by atoms with Crippen molar-refractivity contribution in [1.82, 2.24) is 4.57 Å². The van der Waals surface area contributed by atoms with Crippen LogP contribution in [0.4, 0.5) is 17.1 Å². The highest BCUT2D eigenvalue weighted by Crippen LogP contribution is 2.63. The largest absolute Gasteiger partial charge is 0.310 e. The summed E-state index contributed by atoms with van der Waals surface area (Å²) < 4.78 is 2.43. The Kier molecular flexibility index (Phi) is 8.01. The van der Waals surface area contributed by atoms with Crippen LogP contribution in [0.15, 0.2) is 212 Å². The molecule has 0 saturated heterocycles. The average molecular weight is 831 g/mol. The van der Waals surface area contributed by atoms with Crippen LogP contribution in [-0.2, 0) is 5.41 Å². The summed E-state index contributed by atoms with van der Waals surface area (Å²) in [5.41, 5.74) is 18.8. The first kappa shape index (κ1) is 36.8. The van der Waals surface area contributed by atoms with E-state index >= 15 is 0 Å². The van der Waals surface area contributed by atoms with Gasteiger partial charge in [-0.1, -0.05) is 183 Å². The Morgan fingerprint density at radius 1 is 0.400 bits per heavy atom. The molecule has 3 aliphatic rings. The van der Waals surface area contributed by atoms with Crippen molar-refractivity contribution >= 4 is 60.4 Å². The summed E-state index contributed by atoms with van der Waals surface area (Å²) in [7, 11) is 0. The van der Waals surface area contributed by atoms with Gasteiger partial charge in [0.1, 0.15) is 0 Å². The predicted molar refractivity (Wildman–Crippen MR) is 273 cm³/mol. The molecule has 1 heterocycles. The highest BCUT2D eigenvalue weighted by Gasteiger charge is 2.50. The maximum atomic E-state index is 2.60. The van der Waals surface area contributed by atoms with E-state index < -0.39 is 5.41 Å². The third-order valence-electron chi connectivity index (χ3n) is 15.3. The first-order valence-electron chi connectivity index (χ1n) is 23.5. The number of fused-ring (bicyclic) bond motifs is 13. The summed E-state index contributed by atoms with van der Waals surface area (Å²) in [6.45, 7) is 0. The van der Waals surface area contributed by atoms with Gasteiger partial charge in [0.15, 0.2) is 0 Å². The molecule has 3 aliphatic carbocycles. The van der Waals surface area contributed by atoms with Crippen LogP contribution in [0.2, 0.25) is 0 Å². The van der Waals surface area contributed by atoms with Crippen molar-refractivity contribution in [3.63, 3.8) is 0 Å². The van der Waals surface area contributed by atoms with Crippen LogP contribution in [0.1, 0.15) is 65.8 Å². The Labute approximate surface area is 379 Å². The van der Waals surface area contributed by atoms with Crippen molar-refractivity contribution in [3.05, 3.63) is 240 Å². The average Bonchev–Trinajstić information content (AvgIpc) is 3.86. The molecule has 0 bridgehead atoms. The summed E-state index contributed by atoms with van der Waals surface area (Å²) in [4.78, 5) is 2.52. The molecule has 65 heavy (non-hydrogen) atoms. The number of rotatable bonds is 5. The van der Waals surface area contributed by atoms with E-state index in [2.05, 4.69) is 222 Å². The van der Waals surface area contributed by atoms with Crippen molar-refractivity contribution < 1.29 is 0 Å². The second kappa shape index (κ2) is 14.2. The van der Waals surface area contributed by atoms with E-state index in [9.17, 15) is 0 Å². The van der Waals surface area contributed by atoms with Gasteiger partial charge in [-0.3, -0.25) is 0 Å². The fraction of sp³-hybridized carbons (Fsp3) is 0.111. The lowest BCUT2D eigenvalue weighted by atomic mass is 9.61. The predicted octanol–water partition coefficient (Wildman–Crippen LogP) is 17.0. The maximum absolute atomic E-state index is 2.60. The number of benzene rings is 10. The number of nitrogens with zero attached hydrogens (tertiary/aromatic N) is 2. The van der Waals surface area contributed by atoms with Gasteiger partial charge in [-0.25, -0.2) is 0 Å². The van der Waals surface area contributed by atoms with Gasteiger partial charge in [-0.2, -0.15) is 0 Å². The second-order valence-electron chi connectivity index (χ2n) is 18.6. The third kappa shape index (κ3) is 5.23. The van der Waals surface area contributed by atoms with Gasteiger partial charge in [0.05, 0.1) is 22.1 Å². The van der Waals surface area contributed by atoms with Gasteiger partial charge in [0.2, 0.25) is 0 Å². The first-order chi connectivity index (χ1) is 32.3. The zero-order valence-corrected chi connectivity index (χ0v) is 36.2. The van der Waals surface area contributed by atoms with Crippen molar-refractivity contribution in [2.24, 2.45) is 0 Å². The minimum absolute atomic E-state index is 0.523. The first-order valence-corrected chi connectivity index (χ1v) is 23.5. The monoisotopic (exact) mass is 830 g/mol. The van der Waals surface area contributed by atoms with Gasteiger partial charge >= 0.3 is 0 Å². The Morgan fingerprint density at radius 3 is 1.95 bits per heavy atom. The molecule has 14 rings (SSSR count). The molecular formula is C63H46N2. The standard InChI is InChI=1S/C63H46N2/c1-3-16-41(17-4-1)44-32-37-56-54(38-44)53-27-13-20-43-21-14-29-57(62(43)53)63(56)55-28-11-9-25-49(55)50-35-33-46(39-58(50)63)64(59-31-15-19-42-18-7-8-24-48(42)59)47-34-36-52-51-26-10-12-30-60(51)65(61(52)40-47)45-22-5-2-6-23-45/h2,5-15,18-41H,1,3-4,16-17H2. The molecule has 0 radical (unpaired) electrons. The van der Waals surface area contributed by atoms with Crippen LogP contribution < -0.4 is 4.90 Å². The SMILES string of the molecule is c1ccc(-n2c3ccccc3c3ccc(N(c4ccc5c(c4)C4(c6ccccc6-5)c5ccc(C6CCCCC6)cc5-c5cccc6cccc4c56)c4cccc5ccccc45)cc32)cc1. The normalized spacial score (nSPS) is 16.3. The topological polar surface area (TPSA) is 8.17 Å². The third-order valence-corrected chi connectivity index (χ3v) is 15.3. The summed E-state index contributed by atoms with van der Waals surface area (Å²) in [6, 6.07) is 80.6. The molecule has 1 atom stereocenters. The molecule has 2 heteroatoms. The van der Waals surface area contributed by atoms with Crippen molar-refractivity contribution in [3.8, 4) is 27.9 Å². The lowest BCUT2D eigenvalue weighted by Gasteiger charge is -2.41. The Balaban J connectivity index is 1.06. The molecule has 1 saturated carbocycles. The van der Waals surface area contributed by atoms with Crippen molar-refractivity contribution in [2.45, 2.75) is 43.4 Å². The zero-order valence-electron chi connectivity index (χ0n) is 36.2. The van der Waals surface area contributed by atoms with E-state index in [-0.39, 0.29) is 0 Å². The fourth-order valence-electron chi connectivity index (χ4n) is 12.6. The molecule has 2 nitrogen and oxygen atoms in total. The number of para-hydroxylation sites is 2. The minimum atomic E-state index is -0.523. The molecule has 0 aliphatic heterocycles. The van der Waals surface area contributed by atoms with E-state index in [4.69, 9.17) is 0 Å². The van der Waals surface area contributed by atoms with Gasteiger partial charge in [-0.15, -0.1) is 0 Å². The molecule has 10 aromatic carbocycles. The van der Waals surface area contributed by atoms with E-state index in [1.165, 1.54) is 126 Å². The lowest BCUT2D eigenvalue weighted by molar-refractivity contribution is 0.443. The number of hydrogen-bond acceptors (Lipinski definition) is 1. The minimum Gasteiger partial charge on any atom is -0.310 e. The number of aromatic nitrogens is 1. The highest BCUT2D eigenvalue weighted by atomic mass is 15.1. The quantitative estimate of drug-likeness (QED) is 0.168. The van der Waals surface area contributed by atoms with E-state index in [0.717, 1.165) is 22.7 Å². The lowest BCUT2D eigenvalue weighted by Crippen LogP contribution is -2.32. The van der Waals surface area contributed by atoms with E-state index in [1.807, 2.05) is 0 Å². The molecule has 11 aromatic rings. The van der Waals surface area contributed by atoms with E-state index in [0.29, 0.717) is 5.92 Å². The van der Waals surface area contributed by atoms with Crippen LogP contribution in [0, 0.1) is 0 Å². The number of anilines is 3. The molecule has 1 fully saturated rings. The van der Waals surface area contributed by atoms with Gasteiger partial charge in [0.25, 0.3) is 0 Å². The Hall–Kier alpha value is -7.68.